The molecular weight excluding hydrogens is 416 g/mol. The molecule has 0 spiro atoms. The predicted molar refractivity (Wildman–Crippen MR) is 127 cm³/mol. The van der Waals surface area contributed by atoms with Crippen LogP contribution in [0.5, 0.6) is 0 Å². The molecule has 174 valence electrons. The highest BCUT2D eigenvalue weighted by Gasteiger charge is 2.32. The van der Waals surface area contributed by atoms with Crippen LogP contribution in [0, 0.1) is 0 Å². The molecule has 0 saturated carbocycles. The number of anilines is 2. The SMILES string of the molecule is CNc1nc([C@@H]2CCCN2C(C)=O)nc2c1CN(Cc1ccc(N3CCCC3=O)cc1)CC2. The highest BCUT2D eigenvalue weighted by molar-refractivity contribution is 5.95. The summed E-state index contributed by atoms with van der Waals surface area (Å²) in [5.41, 5.74) is 4.48. The first kappa shape index (κ1) is 21.8. The van der Waals surface area contributed by atoms with Crippen molar-refractivity contribution >= 4 is 23.3 Å². The van der Waals surface area contributed by atoms with E-state index in [2.05, 4.69) is 34.5 Å². The minimum atomic E-state index is -0.0149. The number of carbonyl (C=O) groups is 2. The number of nitrogens with zero attached hydrogens (tertiary/aromatic N) is 5. The number of carbonyl (C=O) groups excluding carboxylic acids is 2. The van der Waals surface area contributed by atoms with E-state index in [1.54, 1.807) is 6.92 Å². The Bertz CT molecular complexity index is 1040. The van der Waals surface area contributed by atoms with Gasteiger partial charge >= 0.3 is 0 Å². The molecule has 1 aromatic heterocycles. The molecule has 0 radical (unpaired) electrons. The van der Waals surface area contributed by atoms with Crippen molar-refractivity contribution in [2.45, 2.75) is 58.2 Å². The summed E-state index contributed by atoms with van der Waals surface area (Å²) in [7, 11) is 1.90. The van der Waals surface area contributed by atoms with E-state index in [1.807, 2.05) is 16.8 Å². The van der Waals surface area contributed by atoms with Crippen LogP contribution in [-0.2, 0) is 29.1 Å². The van der Waals surface area contributed by atoms with E-state index in [9.17, 15) is 9.59 Å². The molecule has 0 bridgehead atoms. The molecule has 2 amide bonds. The second-order valence-corrected chi connectivity index (χ2v) is 9.25. The van der Waals surface area contributed by atoms with Crippen LogP contribution in [0.1, 0.15) is 61.3 Å². The lowest BCUT2D eigenvalue weighted by Crippen LogP contribution is -2.33. The van der Waals surface area contributed by atoms with E-state index in [0.717, 1.165) is 87.0 Å². The topological polar surface area (TPSA) is 81.7 Å². The number of benzene rings is 1. The molecule has 1 atom stereocenters. The predicted octanol–water partition coefficient (Wildman–Crippen LogP) is 2.89. The van der Waals surface area contributed by atoms with E-state index in [0.29, 0.717) is 6.42 Å². The minimum Gasteiger partial charge on any atom is -0.373 e. The zero-order chi connectivity index (χ0) is 22.9. The number of nitrogens with one attached hydrogen (secondary N) is 1. The standard InChI is InChI=1S/C25H32N6O2/c1-17(32)30-12-3-5-22(30)25-27-21-11-14-29(16-20(21)24(26-2)28-25)15-18-7-9-19(10-8-18)31-13-4-6-23(31)33/h7-10,22H,3-6,11-16H2,1-2H3,(H,26,27,28)/t22-/m0/s1. The van der Waals surface area contributed by atoms with E-state index >= 15 is 0 Å². The number of rotatable bonds is 5. The van der Waals surface area contributed by atoms with E-state index in [1.165, 1.54) is 5.56 Å². The molecule has 5 rings (SSSR count). The van der Waals surface area contributed by atoms with Crippen molar-refractivity contribution in [1.29, 1.82) is 0 Å². The van der Waals surface area contributed by atoms with Gasteiger partial charge in [-0.25, -0.2) is 9.97 Å². The molecule has 2 fully saturated rings. The molecule has 8 heteroatoms. The normalized spacial score (nSPS) is 20.9. The average molecular weight is 449 g/mol. The van der Waals surface area contributed by atoms with Gasteiger partial charge in [-0.1, -0.05) is 12.1 Å². The van der Waals surface area contributed by atoms with Gasteiger partial charge in [-0.05, 0) is 37.0 Å². The molecule has 0 unspecified atom stereocenters. The molecule has 1 N–H and O–H groups in total. The van der Waals surface area contributed by atoms with Crippen molar-refractivity contribution in [3.63, 3.8) is 0 Å². The minimum absolute atomic E-state index is 0.0149. The van der Waals surface area contributed by atoms with Crippen LogP contribution in [0.15, 0.2) is 24.3 Å². The summed E-state index contributed by atoms with van der Waals surface area (Å²) in [6.07, 6.45) is 4.39. The number of likely N-dealkylation sites (tertiary alicyclic amines) is 1. The summed E-state index contributed by atoms with van der Waals surface area (Å²) in [5.74, 6) is 1.96. The first-order chi connectivity index (χ1) is 16.0. The Morgan fingerprint density at radius 3 is 2.61 bits per heavy atom. The Labute approximate surface area is 195 Å². The second kappa shape index (κ2) is 9.09. The largest absolute Gasteiger partial charge is 0.373 e. The Hall–Kier alpha value is -3.00. The average Bonchev–Trinajstić information content (AvgIpc) is 3.48. The lowest BCUT2D eigenvalue weighted by molar-refractivity contribution is -0.129. The number of amides is 2. The fraction of sp³-hybridized carbons (Fsp3) is 0.520. The van der Waals surface area contributed by atoms with Gasteiger partial charge in [0.25, 0.3) is 0 Å². The van der Waals surface area contributed by atoms with Gasteiger partial charge in [0.15, 0.2) is 5.82 Å². The van der Waals surface area contributed by atoms with Crippen LogP contribution in [0.4, 0.5) is 11.5 Å². The molecule has 2 aromatic rings. The van der Waals surface area contributed by atoms with Gasteiger partial charge in [0.05, 0.1) is 11.7 Å². The molecule has 8 nitrogen and oxygen atoms in total. The van der Waals surface area contributed by atoms with Crippen LogP contribution in [0.25, 0.3) is 0 Å². The smallest absolute Gasteiger partial charge is 0.227 e. The van der Waals surface area contributed by atoms with Crippen LogP contribution < -0.4 is 10.2 Å². The summed E-state index contributed by atoms with van der Waals surface area (Å²) < 4.78 is 0. The third-order valence-corrected chi connectivity index (χ3v) is 7.08. The molecule has 2 saturated heterocycles. The number of hydrogen-bond donors (Lipinski definition) is 1. The maximum absolute atomic E-state index is 12.0. The number of aromatic nitrogens is 2. The summed E-state index contributed by atoms with van der Waals surface area (Å²) in [6, 6.07) is 8.37. The Morgan fingerprint density at radius 1 is 1.09 bits per heavy atom. The molecule has 0 aliphatic carbocycles. The fourth-order valence-corrected chi connectivity index (χ4v) is 5.35. The van der Waals surface area contributed by atoms with E-state index in [-0.39, 0.29) is 17.9 Å². The van der Waals surface area contributed by atoms with Gasteiger partial charge in [-0.15, -0.1) is 0 Å². The third kappa shape index (κ3) is 4.31. The van der Waals surface area contributed by atoms with Crippen LogP contribution in [-0.4, -0.2) is 58.3 Å². The Morgan fingerprint density at radius 2 is 1.91 bits per heavy atom. The lowest BCUT2D eigenvalue weighted by atomic mass is 10.0. The van der Waals surface area contributed by atoms with Crippen LogP contribution >= 0.6 is 0 Å². The summed E-state index contributed by atoms with van der Waals surface area (Å²) in [5, 5.41) is 3.27. The van der Waals surface area contributed by atoms with Gasteiger partial charge < -0.3 is 15.1 Å². The van der Waals surface area contributed by atoms with Gasteiger partial charge in [-0.3, -0.25) is 14.5 Å². The maximum atomic E-state index is 12.0. The van der Waals surface area contributed by atoms with Crippen molar-refractivity contribution in [3.8, 4) is 0 Å². The number of hydrogen-bond acceptors (Lipinski definition) is 6. The molecular formula is C25H32N6O2. The van der Waals surface area contributed by atoms with Crippen molar-refractivity contribution < 1.29 is 9.59 Å². The first-order valence-electron chi connectivity index (χ1n) is 12.0. The molecule has 33 heavy (non-hydrogen) atoms. The van der Waals surface area contributed by atoms with Crippen molar-refractivity contribution in [2.75, 3.05) is 36.9 Å². The van der Waals surface area contributed by atoms with Crippen molar-refractivity contribution in [3.05, 3.63) is 46.9 Å². The summed E-state index contributed by atoms with van der Waals surface area (Å²) >= 11 is 0. The third-order valence-electron chi connectivity index (χ3n) is 7.08. The fourth-order valence-electron chi connectivity index (χ4n) is 5.35. The maximum Gasteiger partial charge on any atom is 0.227 e. The van der Waals surface area contributed by atoms with Gasteiger partial charge in [-0.2, -0.15) is 0 Å². The van der Waals surface area contributed by atoms with Gasteiger partial charge in [0, 0.05) is 70.8 Å². The van der Waals surface area contributed by atoms with Crippen LogP contribution in [0.3, 0.4) is 0 Å². The summed E-state index contributed by atoms with van der Waals surface area (Å²) in [6.45, 7) is 5.80. The molecule has 3 aliphatic heterocycles. The molecule has 1 aromatic carbocycles. The van der Waals surface area contributed by atoms with E-state index < -0.39 is 0 Å². The quantitative estimate of drug-likeness (QED) is 0.758. The lowest BCUT2D eigenvalue weighted by Gasteiger charge is -2.31. The van der Waals surface area contributed by atoms with Crippen molar-refractivity contribution in [2.24, 2.45) is 0 Å². The highest BCUT2D eigenvalue weighted by Crippen LogP contribution is 2.33. The summed E-state index contributed by atoms with van der Waals surface area (Å²) in [4.78, 5) is 40.0. The monoisotopic (exact) mass is 448 g/mol. The zero-order valence-electron chi connectivity index (χ0n) is 19.5. The zero-order valence-corrected chi connectivity index (χ0v) is 19.5. The van der Waals surface area contributed by atoms with E-state index in [4.69, 9.17) is 9.97 Å². The number of fused-ring (bicyclic) bond motifs is 1. The van der Waals surface area contributed by atoms with Crippen LogP contribution in [0.2, 0.25) is 0 Å². The Kier molecular flexibility index (Phi) is 6.01. The molecule has 3 aliphatic rings. The first-order valence-corrected chi connectivity index (χ1v) is 12.0. The highest BCUT2D eigenvalue weighted by atomic mass is 16.2. The van der Waals surface area contributed by atoms with Gasteiger partial charge in [0.1, 0.15) is 5.82 Å². The Balaban J connectivity index is 1.30. The van der Waals surface area contributed by atoms with Gasteiger partial charge in [0.2, 0.25) is 11.8 Å². The van der Waals surface area contributed by atoms with Crippen molar-refractivity contribution in [1.82, 2.24) is 19.8 Å². The second-order valence-electron chi connectivity index (χ2n) is 9.25. The molecule has 4 heterocycles.